The van der Waals surface area contributed by atoms with E-state index in [1.54, 1.807) is 4.90 Å². The fraction of sp³-hybridized carbons (Fsp3) is 0.625. The van der Waals surface area contributed by atoms with Crippen LogP contribution in [0.25, 0.3) is 0 Å². The molecule has 1 aromatic carbocycles. The number of halogens is 2. The smallest absolute Gasteiger partial charge is 0.133 e. The third-order valence-corrected chi connectivity index (χ3v) is 4.70. The van der Waals surface area contributed by atoms with Crippen molar-refractivity contribution in [1.29, 1.82) is 0 Å². The molecule has 0 saturated carbocycles. The summed E-state index contributed by atoms with van der Waals surface area (Å²) in [6.45, 7) is 8.03. The first-order valence-electron chi connectivity index (χ1n) is 7.64. The van der Waals surface area contributed by atoms with Crippen molar-refractivity contribution in [2.45, 2.75) is 19.8 Å². The van der Waals surface area contributed by atoms with E-state index in [9.17, 15) is 0 Å². The number of quaternary nitrogens is 1. The number of benzene rings is 1. The zero-order valence-corrected chi connectivity index (χ0v) is 14.9. The molecular formula is C16H24BrClNO2+. The van der Waals surface area contributed by atoms with Crippen LogP contribution in [0.3, 0.4) is 0 Å². The minimum Gasteiger partial charge on any atom is -0.490 e. The lowest BCUT2D eigenvalue weighted by molar-refractivity contribution is -0.908. The highest BCUT2D eigenvalue weighted by atomic mass is 79.9. The summed E-state index contributed by atoms with van der Waals surface area (Å²) >= 11 is 9.32. The quantitative estimate of drug-likeness (QED) is 0.738. The molecule has 1 unspecified atom stereocenters. The van der Waals surface area contributed by atoms with Gasteiger partial charge in [0.1, 0.15) is 18.9 Å². The fourth-order valence-corrected chi connectivity index (χ4v) is 3.54. The molecule has 5 heteroatoms. The van der Waals surface area contributed by atoms with E-state index in [1.807, 2.05) is 18.2 Å². The molecule has 1 fully saturated rings. The van der Waals surface area contributed by atoms with E-state index in [1.165, 1.54) is 25.9 Å². The summed E-state index contributed by atoms with van der Waals surface area (Å²) in [6, 6.07) is 5.52. The predicted molar refractivity (Wildman–Crippen MR) is 89.4 cm³/mol. The number of hydrogen-bond donors (Lipinski definition) is 1. The van der Waals surface area contributed by atoms with E-state index >= 15 is 0 Å². The Labute approximate surface area is 140 Å². The number of nitrogens with one attached hydrogen (secondary N) is 1. The number of ether oxygens (including phenoxy) is 2. The van der Waals surface area contributed by atoms with Crippen LogP contribution in [0.1, 0.15) is 19.8 Å². The molecule has 1 heterocycles. The number of piperidine rings is 1. The predicted octanol–water partition coefficient (Wildman–Crippen LogP) is 2.81. The van der Waals surface area contributed by atoms with E-state index in [-0.39, 0.29) is 0 Å². The molecule has 2 rings (SSSR count). The summed E-state index contributed by atoms with van der Waals surface area (Å²) in [4.78, 5) is 1.68. The van der Waals surface area contributed by atoms with Gasteiger partial charge in [0.2, 0.25) is 0 Å². The van der Waals surface area contributed by atoms with E-state index in [4.69, 9.17) is 21.1 Å². The standard InChI is InChI=1S/C16H23BrClNO2/c1-13-3-2-6-19(12-13)7-8-20-9-10-21-16-5-4-14(18)11-15(16)17/h4-5,11,13H,2-3,6-10,12H2,1H3/p+1/t13-/m0/s1. The van der Waals surface area contributed by atoms with E-state index in [2.05, 4.69) is 22.9 Å². The van der Waals surface area contributed by atoms with Gasteiger partial charge in [0.15, 0.2) is 0 Å². The van der Waals surface area contributed by atoms with Crippen LogP contribution in [0.4, 0.5) is 0 Å². The third-order valence-electron chi connectivity index (χ3n) is 3.84. The van der Waals surface area contributed by atoms with Crippen molar-refractivity contribution in [3.05, 3.63) is 27.7 Å². The molecule has 0 aliphatic carbocycles. The van der Waals surface area contributed by atoms with Crippen molar-refractivity contribution in [1.82, 2.24) is 0 Å². The summed E-state index contributed by atoms with van der Waals surface area (Å²) < 4.78 is 12.2. The summed E-state index contributed by atoms with van der Waals surface area (Å²) in [5.41, 5.74) is 0. The Morgan fingerprint density at radius 3 is 2.95 bits per heavy atom. The van der Waals surface area contributed by atoms with Crippen LogP contribution in [0, 0.1) is 5.92 Å². The summed E-state index contributed by atoms with van der Waals surface area (Å²) in [7, 11) is 0. The second kappa shape index (κ2) is 8.99. The Kier molecular flexibility index (Phi) is 7.30. The normalized spacial score (nSPS) is 22.2. The van der Waals surface area contributed by atoms with Crippen LogP contribution in [0.5, 0.6) is 5.75 Å². The average Bonchev–Trinajstić information content (AvgIpc) is 2.44. The minimum atomic E-state index is 0.561. The van der Waals surface area contributed by atoms with Crippen molar-refractivity contribution >= 4 is 27.5 Å². The van der Waals surface area contributed by atoms with Gasteiger partial charge in [0.25, 0.3) is 0 Å². The summed E-state index contributed by atoms with van der Waals surface area (Å²) in [6.07, 6.45) is 2.73. The van der Waals surface area contributed by atoms with Crippen molar-refractivity contribution in [3.8, 4) is 5.75 Å². The second-order valence-corrected chi connectivity index (χ2v) is 7.03. The lowest BCUT2D eigenvalue weighted by Gasteiger charge is -2.27. The first-order chi connectivity index (χ1) is 10.1. The van der Waals surface area contributed by atoms with Gasteiger partial charge >= 0.3 is 0 Å². The molecule has 118 valence electrons. The van der Waals surface area contributed by atoms with Gasteiger partial charge < -0.3 is 14.4 Å². The Morgan fingerprint density at radius 1 is 1.33 bits per heavy atom. The maximum atomic E-state index is 5.89. The van der Waals surface area contributed by atoms with Crippen molar-refractivity contribution in [2.75, 3.05) is 39.5 Å². The van der Waals surface area contributed by atoms with Crippen LogP contribution >= 0.6 is 27.5 Å². The Hall–Kier alpha value is -0.290. The molecular weight excluding hydrogens is 354 g/mol. The molecule has 2 atom stereocenters. The molecule has 0 aromatic heterocycles. The van der Waals surface area contributed by atoms with Crippen LogP contribution in [0.2, 0.25) is 5.02 Å². The van der Waals surface area contributed by atoms with E-state index < -0.39 is 0 Å². The SMILES string of the molecule is C[C@H]1CCC[NH+](CCOCCOc2ccc(Cl)cc2Br)C1. The van der Waals surface area contributed by atoms with Gasteiger partial charge in [-0.25, -0.2) is 0 Å². The minimum absolute atomic E-state index is 0.561. The fourth-order valence-electron chi connectivity index (χ4n) is 2.75. The first kappa shape index (κ1) is 17.1. The monoisotopic (exact) mass is 376 g/mol. The van der Waals surface area contributed by atoms with Crippen molar-refractivity contribution in [3.63, 3.8) is 0 Å². The highest BCUT2D eigenvalue weighted by molar-refractivity contribution is 9.10. The molecule has 0 amide bonds. The van der Waals surface area contributed by atoms with Crippen LogP contribution in [0.15, 0.2) is 22.7 Å². The van der Waals surface area contributed by atoms with Gasteiger partial charge in [-0.2, -0.15) is 0 Å². The molecule has 1 aromatic rings. The number of rotatable bonds is 7. The van der Waals surface area contributed by atoms with Crippen LogP contribution in [-0.2, 0) is 4.74 Å². The van der Waals surface area contributed by atoms with Gasteiger partial charge in [0, 0.05) is 10.9 Å². The van der Waals surface area contributed by atoms with Crippen molar-refractivity contribution < 1.29 is 14.4 Å². The van der Waals surface area contributed by atoms with E-state index in [0.717, 1.165) is 29.3 Å². The molecule has 3 nitrogen and oxygen atoms in total. The zero-order chi connectivity index (χ0) is 15.1. The number of hydrogen-bond acceptors (Lipinski definition) is 2. The maximum absolute atomic E-state index is 5.89. The molecule has 1 saturated heterocycles. The van der Waals surface area contributed by atoms with Gasteiger partial charge in [-0.1, -0.05) is 18.5 Å². The second-order valence-electron chi connectivity index (χ2n) is 5.74. The Balaban J connectivity index is 1.55. The molecule has 1 aliphatic rings. The number of likely N-dealkylation sites (tertiary alicyclic amines) is 1. The zero-order valence-electron chi connectivity index (χ0n) is 12.5. The highest BCUT2D eigenvalue weighted by Crippen LogP contribution is 2.27. The lowest BCUT2D eigenvalue weighted by Crippen LogP contribution is -3.14. The Morgan fingerprint density at radius 2 is 2.19 bits per heavy atom. The lowest BCUT2D eigenvalue weighted by atomic mass is 10.0. The van der Waals surface area contributed by atoms with E-state index in [0.29, 0.717) is 18.2 Å². The molecule has 1 N–H and O–H groups in total. The van der Waals surface area contributed by atoms with Crippen LogP contribution < -0.4 is 9.64 Å². The summed E-state index contributed by atoms with van der Waals surface area (Å²) in [5, 5.41) is 0.698. The topological polar surface area (TPSA) is 22.9 Å². The van der Waals surface area contributed by atoms with Gasteiger partial charge in [-0.15, -0.1) is 0 Å². The maximum Gasteiger partial charge on any atom is 0.133 e. The van der Waals surface area contributed by atoms with Crippen molar-refractivity contribution in [2.24, 2.45) is 5.92 Å². The van der Waals surface area contributed by atoms with Crippen LogP contribution in [-0.4, -0.2) is 39.5 Å². The average molecular weight is 378 g/mol. The molecule has 0 bridgehead atoms. The summed E-state index contributed by atoms with van der Waals surface area (Å²) in [5.74, 6) is 1.66. The molecule has 0 radical (unpaired) electrons. The van der Waals surface area contributed by atoms with Gasteiger partial charge in [0.05, 0.1) is 30.8 Å². The molecule has 1 aliphatic heterocycles. The molecule has 0 spiro atoms. The Bertz CT molecular complexity index is 444. The largest absolute Gasteiger partial charge is 0.490 e. The first-order valence-corrected chi connectivity index (χ1v) is 8.81. The highest BCUT2D eigenvalue weighted by Gasteiger charge is 2.18. The van der Waals surface area contributed by atoms with Gasteiger partial charge in [-0.05, 0) is 47.0 Å². The van der Waals surface area contributed by atoms with Gasteiger partial charge in [-0.3, -0.25) is 0 Å². The molecule has 21 heavy (non-hydrogen) atoms. The third kappa shape index (κ3) is 6.15.